The van der Waals surface area contributed by atoms with E-state index in [1.54, 1.807) is 0 Å². The molecule has 3 aromatic rings. The van der Waals surface area contributed by atoms with Gasteiger partial charge in [-0.1, -0.05) is 47.1 Å². The maximum absolute atomic E-state index is 6.06. The molecule has 0 saturated carbocycles. The van der Waals surface area contributed by atoms with E-state index in [1.807, 2.05) is 24.3 Å². The zero-order valence-electron chi connectivity index (χ0n) is 14.7. The Morgan fingerprint density at radius 1 is 1.12 bits per heavy atom. The third-order valence-electron chi connectivity index (χ3n) is 4.53. The zero-order chi connectivity index (χ0) is 17.9. The molecule has 0 bridgehead atoms. The highest BCUT2D eigenvalue weighted by Gasteiger charge is 2.22. The average molecular weight is 413 g/mol. The summed E-state index contributed by atoms with van der Waals surface area (Å²) in [5.74, 6) is 2.58. The van der Waals surface area contributed by atoms with E-state index in [0.29, 0.717) is 13.0 Å². The number of aromatic nitrogens is 2. The normalized spacial score (nSPS) is 15.8. The van der Waals surface area contributed by atoms with Crippen molar-refractivity contribution < 1.29 is 9.47 Å². The fraction of sp³-hybridized carbons (Fsp3) is 0.286. The van der Waals surface area contributed by atoms with Crippen LogP contribution in [0, 0.1) is 0 Å². The maximum Gasteiger partial charge on any atom is 0.161 e. The lowest BCUT2D eigenvalue weighted by molar-refractivity contribution is 0.0900. The predicted octanol–water partition coefficient (Wildman–Crippen LogP) is 4.71. The first-order chi connectivity index (χ1) is 12.7. The zero-order valence-corrected chi connectivity index (χ0v) is 16.3. The van der Waals surface area contributed by atoms with Gasteiger partial charge in [-0.05, 0) is 36.2 Å². The van der Waals surface area contributed by atoms with Crippen molar-refractivity contribution >= 4 is 15.9 Å². The predicted molar refractivity (Wildman–Crippen MR) is 105 cm³/mol. The molecule has 1 atom stereocenters. The van der Waals surface area contributed by atoms with Gasteiger partial charge in [0.15, 0.2) is 11.5 Å². The van der Waals surface area contributed by atoms with Crippen LogP contribution in [-0.4, -0.2) is 22.7 Å². The summed E-state index contributed by atoms with van der Waals surface area (Å²) < 4.78 is 13.0. The highest BCUT2D eigenvalue weighted by molar-refractivity contribution is 9.10. The van der Waals surface area contributed by atoms with Gasteiger partial charge in [0.05, 0.1) is 5.69 Å². The Morgan fingerprint density at radius 3 is 2.65 bits per heavy atom. The average Bonchev–Trinajstić information content (AvgIpc) is 3.05. The van der Waals surface area contributed by atoms with Gasteiger partial charge in [0, 0.05) is 23.0 Å². The van der Waals surface area contributed by atoms with Gasteiger partial charge in [0.1, 0.15) is 18.5 Å². The first kappa shape index (κ1) is 17.2. The van der Waals surface area contributed by atoms with E-state index in [-0.39, 0.29) is 6.10 Å². The van der Waals surface area contributed by atoms with Crippen molar-refractivity contribution in [2.24, 2.45) is 0 Å². The second kappa shape index (κ2) is 7.54. The van der Waals surface area contributed by atoms with Gasteiger partial charge in [0.2, 0.25) is 0 Å². The van der Waals surface area contributed by atoms with E-state index in [9.17, 15) is 0 Å². The number of nitrogens with zero attached hydrogens (tertiary/aromatic N) is 1. The summed E-state index contributed by atoms with van der Waals surface area (Å²) in [6.07, 6.45) is 2.45. The summed E-state index contributed by atoms with van der Waals surface area (Å²) in [7, 11) is 0. The molecule has 4 rings (SSSR count). The Kier molecular flexibility index (Phi) is 4.98. The molecule has 1 aliphatic rings. The van der Waals surface area contributed by atoms with E-state index >= 15 is 0 Å². The third kappa shape index (κ3) is 3.78. The molecule has 0 aliphatic carbocycles. The third-order valence-corrected chi connectivity index (χ3v) is 5.06. The molecule has 134 valence electrons. The number of rotatable bonds is 5. The first-order valence-electron chi connectivity index (χ1n) is 8.91. The lowest BCUT2D eigenvalue weighted by atomic mass is 10.1. The molecule has 4 nitrogen and oxygen atoms in total. The number of hydrogen-bond donors (Lipinski definition) is 1. The maximum atomic E-state index is 6.06. The Bertz CT molecular complexity index is 889. The number of benzene rings is 2. The largest absolute Gasteiger partial charge is 0.486 e. The number of para-hydroxylation sites is 2. The quantitative estimate of drug-likeness (QED) is 0.659. The van der Waals surface area contributed by atoms with Crippen molar-refractivity contribution in [3.8, 4) is 11.5 Å². The van der Waals surface area contributed by atoms with Crippen LogP contribution >= 0.6 is 15.9 Å². The molecule has 0 fully saturated rings. The molecular weight excluding hydrogens is 392 g/mol. The molecule has 0 saturated heterocycles. The number of H-pyrrole nitrogens is 1. The second-order valence-electron chi connectivity index (χ2n) is 6.47. The van der Waals surface area contributed by atoms with Crippen LogP contribution in [0.3, 0.4) is 0 Å². The van der Waals surface area contributed by atoms with Gasteiger partial charge in [-0.25, -0.2) is 4.98 Å². The molecule has 26 heavy (non-hydrogen) atoms. The van der Waals surface area contributed by atoms with Crippen LogP contribution in [0.2, 0.25) is 0 Å². The minimum atomic E-state index is -0.0266. The fourth-order valence-electron chi connectivity index (χ4n) is 3.23. The lowest BCUT2D eigenvalue weighted by Gasteiger charge is -2.25. The molecule has 1 aliphatic heterocycles. The molecule has 1 N–H and O–H groups in total. The van der Waals surface area contributed by atoms with Crippen LogP contribution in [0.25, 0.3) is 0 Å². The number of aryl methyl sites for hydroxylation is 1. The number of imidazole rings is 1. The first-order valence-corrected chi connectivity index (χ1v) is 9.70. The Hall–Kier alpha value is -2.27. The van der Waals surface area contributed by atoms with Crippen molar-refractivity contribution in [3.63, 3.8) is 0 Å². The van der Waals surface area contributed by atoms with Crippen LogP contribution < -0.4 is 9.47 Å². The van der Waals surface area contributed by atoms with E-state index in [0.717, 1.165) is 40.3 Å². The summed E-state index contributed by atoms with van der Waals surface area (Å²) in [5.41, 5.74) is 3.58. The minimum Gasteiger partial charge on any atom is -0.486 e. The molecule has 2 heterocycles. The van der Waals surface area contributed by atoms with E-state index in [2.05, 4.69) is 52.1 Å². The number of ether oxygens (including phenoxy) is 2. The van der Waals surface area contributed by atoms with E-state index in [1.165, 1.54) is 11.3 Å². The standard InChI is InChI=1S/C21H21BrN2O2/c1-2-17-18(11-14-7-9-15(22)10-8-14)24-21(23-17)12-16-13-25-19-5-3-4-6-20(19)26-16/h3-10,16H,2,11-13H2,1H3,(H,23,24). The van der Waals surface area contributed by atoms with Gasteiger partial charge in [-0.3, -0.25) is 0 Å². The van der Waals surface area contributed by atoms with Crippen LogP contribution in [0.5, 0.6) is 11.5 Å². The topological polar surface area (TPSA) is 47.1 Å². The summed E-state index contributed by atoms with van der Waals surface area (Å²) in [4.78, 5) is 8.30. The van der Waals surface area contributed by atoms with Crippen LogP contribution in [0.15, 0.2) is 53.0 Å². The number of halogens is 1. The minimum absolute atomic E-state index is 0.0266. The number of hydrogen-bond acceptors (Lipinski definition) is 3. The Balaban J connectivity index is 1.48. The molecule has 1 unspecified atom stereocenters. The van der Waals surface area contributed by atoms with Crippen LogP contribution in [-0.2, 0) is 19.3 Å². The highest BCUT2D eigenvalue weighted by Crippen LogP contribution is 2.31. The summed E-state index contributed by atoms with van der Waals surface area (Å²) in [5, 5.41) is 0. The summed E-state index contributed by atoms with van der Waals surface area (Å²) in [6.45, 7) is 2.68. The van der Waals surface area contributed by atoms with Crippen molar-refractivity contribution in [2.45, 2.75) is 32.3 Å². The van der Waals surface area contributed by atoms with Crippen LogP contribution in [0.1, 0.15) is 29.7 Å². The second-order valence-corrected chi connectivity index (χ2v) is 7.38. The number of fused-ring (bicyclic) bond motifs is 1. The van der Waals surface area contributed by atoms with Gasteiger partial charge >= 0.3 is 0 Å². The van der Waals surface area contributed by atoms with Crippen molar-refractivity contribution in [3.05, 3.63) is 75.8 Å². The summed E-state index contributed by atoms with van der Waals surface area (Å²) in [6, 6.07) is 16.2. The van der Waals surface area contributed by atoms with Gasteiger partial charge < -0.3 is 14.5 Å². The SMILES string of the molecule is CCc1nc(CC2COc3ccccc3O2)[nH]c1Cc1ccc(Br)cc1. The van der Waals surface area contributed by atoms with Crippen molar-refractivity contribution in [2.75, 3.05) is 6.61 Å². The number of nitrogens with one attached hydrogen (secondary N) is 1. The molecule has 0 radical (unpaired) electrons. The number of aromatic amines is 1. The van der Waals surface area contributed by atoms with E-state index in [4.69, 9.17) is 14.5 Å². The summed E-state index contributed by atoms with van der Waals surface area (Å²) >= 11 is 3.48. The van der Waals surface area contributed by atoms with Gasteiger partial charge in [-0.2, -0.15) is 0 Å². The van der Waals surface area contributed by atoms with Gasteiger partial charge in [-0.15, -0.1) is 0 Å². The van der Waals surface area contributed by atoms with E-state index < -0.39 is 0 Å². The Labute approximate surface area is 161 Å². The van der Waals surface area contributed by atoms with Crippen molar-refractivity contribution in [1.82, 2.24) is 9.97 Å². The Morgan fingerprint density at radius 2 is 1.88 bits per heavy atom. The molecular formula is C21H21BrN2O2. The smallest absolute Gasteiger partial charge is 0.161 e. The monoisotopic (exact) mass is 412 g/mol. The molecule has 2 aromatic carbocycles. The van der Waals surface area contributed by atoms with Gasteiger partial charge in [0.25, 0.3) is 0 Å². The highest BCUT2D eigenvalue weighted by atomic mass is 79.9. The molecule has 1 aromatic heterocycles. The molecule has 5 heteroatoms. The fourth-order valence-corrected chi connectivity index (χ4v) is 3.49. The lowest BCUT2D eigenvalue weighted by Crippen LogP contribution is -2.31. The van der Waals surface area contributed by atoms with Crippen LogP contribution in [0.4, 0.5) is 0 Å². The van der Waals surface area contributed by atoms with Crippen molar-refractivity contribution in [1.29, 1.82) is 0 Å². The molecule has 0 amide bonds. The molecule has 0 spiro atoms.